The first kappa shape index (κ1) is 20.8. The molecule has 5 amide bonds. The van der Waals surface area contributed by atoms with E-state index in [4.69, 9.17) is 4.74 Å². The molecule has 0 radical (unpaired) electrons. The van der Waals surface area contributed by atoms with Crippen molar-refractivity contribution >= 4 is 29.7 Å². The van der Waals surface area contributed by atoms with E-state index in [1.54, 1.807) is 20.8 Å². The molecule has 1 aromatic rings. The van der Waals surface area contributed by atoms with Crippen molar-refractivity contribution in [3.05, 3.63) is 47.5 Å². The number of rotatable bonds is 5. The minimum Gasteiger partial charge on any atom is -0.452 e. The maximum absolute atomic E-state index is 12.3. The van der Waals surface area contributed by atoms with Gasteiger partial charge in [-0.1, -0.05) is 6.08 Å². The van der Waals surface area contributed by atoms with E-state index in [2.05, 4.69) is 11.9 Å². The lowest BCUT2D eigenvalue weighted by atomic mass is 10.1. The molecule has 0 atom stereocenters. The number of nitrogens with one attached hydrogen (secondary N) is 2. The van der Waals surface area contributed by atoms with E-state index >= 15 is 0 Å². The molecule has 0 saturated carbocycles. The molecule has 2 N–H and O–H groups in total. The number of nitrogens with zero attached hydrogens (tertiary/aromatic N) is 1. The number of hydrogen-bond acceptors (Lipinski definition) is 6. The Morgan fingerprint density at radius 3 is 2.39 bits per heavy atom. The maximum Gasteiger partial charge on any atom is 0.338 e. The number of carbonyl (C=O) groups is 5. The monoisotopic (exact) mass is 387 g/mol. The lowest BCUT2D eigenvalue weighted by Crippen LogP contribution is -2.49. The second kappa shape index (κ2) is 8.03. The molecule has 0 spiro atoms. The highest BCUT2D eigenvalue weighted by molar-refractivity contribution is 6.22. The number of fused-ring (bicyclic) bond motifs is 1. The summed E-state index contributed by atoms with van der Waals surface area (Å²) >= 11 is 0. The second-order valence-corrected chi connectivity index (χ2v) is 7.10. The average molecular weight is 387 g/mol. The molecule has 0 aliphatic carbocycles. The number of carbonyl (C=O) groups excluding carboxylic acids is 5. The molecule has 1 aliphatic heterocycles. The second-order valence-electron chi connectivity index (χ2n) is 7.10. The molecule has 148 valence electrons. The molecular weight excluding hydrogens is 366 g/mol. The standard InChI is InChI=1S/C19H21N3O6/c1-5-8-22-15(24)12-7-6-11(9-13(12)16(22)25)17(26)28-10-14(23)20-18(27)21-19(2,3)4/h5-7,9H,1,8,10H2,2-4H3,(H2,20,21,23,27). The Balaban J connectivity index is 1.99. The molecule has 0 bridgehead atoms. The molecule has 9 nitrogen and oxygen atoms in total. The lowest BCUT2D eigenvalue weighted by Gasteiger charge is -2.20. The number of imide groups is 2. The van der Waals surface area contributed by atoms with Crippen LogP contribution in [-0.4, -0.2) is 53.3 Å². The minimum atomic E-state index is -0.864. The van der Waals surface area contributed by atoms with Crippen molar-refractivity contribution in [3.63, 3.8) is 0 Å². The molecule has 2 rings (SSSR count). The third kappa shape index (κ3) is 4.81. The predicted octanol–water partition coefficient (Wildman–Crippen LogP) is 1.25. The van der Waals surface area contributed by atoms with Gasteiger partial charge in [-0.2, -0.15) is 0 Å². The first-order chi connectivity index (χ1) is 13.0. The first-order valence-electron chi connectivity index (χ1n) is 8.43. The summed E-state index contributed by atoms with van der Waals surface area (Å²) in [7, 11) is 0. The number of hydrogen-bond donors (Lipinski definition) is 2. The zero-order valence-corrected chi connectivity index (χ0v) is 15.8. The third-order valence-electron chi connectivity index (χ3n) is 3.59. The Kier molecular flexibility index (Phi) is 5.97. The summed E-state index contributed by atoms with van der Waals surface area (Å²) in [6.07, 6.45) is 1.42. The van der Waals surface area contributed by atoms with Crippen molar-refractivity contribution < 1.29 is 28.7 Å². The average Bonchev–Trinajstić information content (AvgIpc) is 2.83. The van der Waals surface area contributed by atoms with Crippen LogP contribution in [0.25, 0.3) is 0 Å². The van der Waals surface area contributed by atoms with E-state index in [9.17, 15) is 24.0 Å². The number of urea groups is 1. The Morgan fingerprint density at radius 2 is 1.79 bits per heavy atom. The fraction of sp³-hybridized carbons (Fsp3) is 0.316. The van der Waals surface area contributed by atoms with Gasteiger partial charge < -0.3 is 10.1 Å². The highest BCUT2D eigenvalue weighted by atomic mass is 16.5. The van der Waals surface area contributed by atoms with Crippen LogP contribution in [0.2, 0.25) is 0 Å². The van der Waals surface area contributed by atoms with E-state index in [-0.39, 0.29) is 23.2 Å². The fourth-order valence-electron chi connectivity index (χ4n) is 2.46. The summed E-state index contributed by atoms with van der Waals surface area (Å²) in [6, 6.07) is 3.21. The van der Waals surface area contributed by atoms with Gasteiger partial charge in [-0.15, -0.1) is 6.58 Å². The summed E-state index contributed by atoms with van der Waals surface area (Å²) in [5, 5.41) is 4.57. The molecule has 0 fully saturated rings. The van der Waals surface area contributed by atoms with Crippen LogP contribution in [0.15, 0.2) is 30.9 Å². The van der Waals surface area contributed by atoms with Gasteiger partial charge in [0.15, 0.2) is 6.61 Å². The van der Waals surface area contributed by atoms with Gasteiger partial charge in [-0.3, -0.25) is 24.6 Å². The van der Waals surface area contributed by atoms with E-state index in [1.807, 2.05) is 5.32 Å². The Hall–Kier alpha value is -3.49. The third-order valence-corrected chi connectivity index (χ3v) is 3.59. The van der Waals surface area contributed by atoms with Gasteiger partial charge in [-0.05, 0) is 39.0 Å². The van der Waals surface area contributed by atoms with Crippen LogP contribution < -0.4 is 10.6 Å². The van der Waals surface area contributed by atoms with Crippen LogP contribution in [-0.2, 0) is 9.53 Å². The van der Waals surface area contributed by atoms with Crippen LogP contribution in [0.4, 0.5) is 4.79 Å². The maximum atomic E-state index is 12.3. The quantitative estimate of drug-likeness (QED) is 0.445. The van der Waals surface area contributed by atoms with Gasteiger partial charge in [0.25, 0.3) is 17.7 Å². The van der Waals surface area contributed by atoms with Crippen LogP contribution in [0, 0.1) is 0 Å². The summed E-state index contributed by atoms with van der Waals surface area (Å²) < 4.78 is 4.86. The van der Waals surface area contributed by atoms with Crippen LogP contribution in [0.5, 0.6) is 0 Å². The van der Waals surface area contributed by atoms with Gasteiger partial charge >= 0.3 is 12.0 Å². The molecule has 0 saturated heterocycles. The number of esters is 1. The first-order valence-corrected chi connectivity index (χ1v) is 8.43. The number of amides is 5. The van der Waals surface area contributed by atoms with E-state index in [0.29, 0.717) is 0 Å². The predicted molar refractivity (Wildman–Crippen MR) is 98.7 cm³/mol. The molecular formula is C19H21N3O6. The lowest BCUT2D eigenvalue weighted by molar-refractivity contribution is -0.123. The van der Waals surface area contributed by atoms with Crippen molar-refractivity contribution in [1.82, 2.24) is 15.5 Å². The van der Waals surface area contributed by atoms with Crippen LogP contribution in [0.1, 0.15) is 51.8 Å². The van der Waals surface area contributed by atoms with Gasteiger partial charge in [0.1, 0.15) is 0 Å². The highest BCUT2D eigenvalue weighted by Gasteiger charge is 2.35. The SMILES string of the molecule is C=CCN1C(=O)c2ccc(C(=O)OCC(=O)NC(=O)NC(C)(C)C)cc2C1=O. The van der Waals surface area contributed by atoms with Gasteiger partial charge in [-0.25, -0.2) is 9.59 Å². The van der Waals surface area contributed by atoms with Gasteiger partial charge in [0.2, 0.25) is 0 Å². The largest absolute Gasteiger partial charge is 0.452 e. The Morgan fingerprint density at radius 1 is 1.14 bits per heavy atom. The zero-order chi connectivity index (χ0) is 21.1. The summed E-state index contributed by atoms with van der Waals surface area (Å²) in [6.45, 7) is 8.11. The van der Waals surface area contributed by atoms with Crippen molar-refractivity contribution in [3.8, 4) is 0 Å². The summed E-state index contributed by atoms with van der Waals surface area (Å²) in [5.41, 5.74) is -0.267. The Bertz CT molecular complexity index is 869. The zero-order valence-electron chi connectivity index (χ0n) is 15.8. The summed E-state index contributed by atoms with van der Waals surface area (Å²) in [4.78, 5) is 60.9. The Labute approximate surface area is 161 Å². The van der Waals surface area contributed by atoms with Gasteiger partial charge in [0, 0.05) is 12.1 Å². The highest BCUT2D eigenvalue weighted by Crippen LogP contribution is 2.24. The van der Waals surface area contributed by atoms with Crippen molar-refractivity contribution in [2.45, 2.75) is 26.3 Å². The molecule has 0 aromatic heterocycles. The fourth-order valence-corrected chi connectivity index (χ4v) is 2.46. The van der Waals surface area contributed by atoms with Crippen molar-refractivity contribution in [2.24, 2.45) is 0 Å². The van der Waals surface area contributed by atoms with Crippen LogP contribution in [0.3, 0.4) is 0 Å². The number of ether oxygens (including phenoxy) is 1. The normalized spacial score (nSPS) is 13.0. The molecule has 28 heavy (non-hydrogen) atoms. The topological polar surface area (TPSA) is 122 Å². The molecule has 9 heteroatoms. The molecule has 0 unspecified atom stereocenters. The van der Waals surface area contributed by atoms with E-state index < -0.39 is 41.9 Å². The van der Waals surface area contributed by atoms with Crippen molar-refractivity contribution in [2.75, 3.05) is 13.2 Å². The van der Waals surface area contributed by atoms with E-state index in [0.717, 1.165) is 4.90 Å². The minimum absolute atomic E-state index is 0.00676. The number of benzene rings is 1. The van der Waals surface area contributed by atoms with E-state index in [1.165, 1.54) is 24.3 Å². The summed E-state index contributed by atoms with van der Waals surface area (Å²) in [5.74, 6) is -2.67. The van der Waals surface area contributed by atoms with Crippen molar-refractivity contribution in [1.29, 1.82) is 0 Å². The molecule has 1 aromatic carbocycles. The van der Waals surface area contributed by atoms with Crippen LogP contribution >= 0.6 is 0 Å². The smallest absolute Gasteiger partial charge is 0.338 e. The van der Waals surface area contributed by atoms with Gasteiger partial charge in [0.05, 0.1) is 16.7 Å². The molecule has 1 heterocycles. The molecule has 1 aliphatic rings.